The summed E-state index contributed by atoms with van der Waals surface area (Å²) in [6.45, 7) is -0.467. The number of pyridine rings is 1. The number of carbonyl (C=O) groups is 4. The number of nitrogens with one attached hydrogen (secondary N) is 1. The molecule has 2 aliphatic heterocycles. The number of halogens is 6. The second kappa shape index (κ2) is 12.8. The highest BCUT2D eigenvalue weighted by Crippen LogP contribution is 2.64. The number of hydrogen-bond acceptors (Lipinski definition) is 8. The fourth-order valence-corrected chi connectivity index (χ4v) is 9.17. The Morgan fingerprint density at radius 3 is 2.32 bits per heavy atom. The van der Waals surface area contributed by atoms with E-state index in [0.29, 0.717) is 39.1 Å². The molecule has 3 fully saturated rings. The maximum atomic E-state index is 15.1. The van der Waals surface area contributed by atoms with Gasteiger partial charge in [-0.05, 0) is 78.9 Å². The Hall–Kier alpha value is -4.50. The first-order valence-corrected chi connectivity index (χ1v) is 18.0. The number of fused-ring (bicyclic) bond motifs is 4. The standard InChI is InChI=1S/C37H26BrCl2F3N4O6/c38-19-3-7-21(8-4-19)46-32(49)24-11-10-23-25(29(24)34(46)51)14-26-33(50)47(45-31-27(40)13-18(15-44-31)37(41,42)43)35(52)36(26,17-1-5-20(39)6-2-17)30(23)28-12-9-22(16-48)53-28/h1-10,12-13,15,24-26,29-30,48H,11,14,16H2,(H,44,45). The molecule has 4 aliphatic rings. The van der Waals surface area contributed by atoms with E-state index < -0.39 is 76.1 Å². The number of amides is 4. The summed E-state index contributed by atoms with van der Waals surface area (Å²) >= 11 is 15.9. The largest absolute Gasteiger partial charge is 0.463 e. The Morgan fingerprint density at radius 2 is 1.68 bits per heavy atom. The monoisotopic (exact) mass is 828 g/mol. The lowest BCUT2D eigenvalue weighted by molar-refractivity contribution is -0.139. The second-order valence-corrected chi connectivity index (χ2v) is 15.1. The second-order valence-electron chi connectivity index (χ2n) is 13.4. The number of hydrogen-bond donors (Lipinski definition) is 2. The minimum Gasteiger partial charge on any atom is -0.463 e. The molecule has 2 N–H and O–H groups in total. The topological polar surface area (TPSA) is 133 Å². The Labute approximate surface area is 317 Å². The van der Waals surface area contributed by atoms with Crippen LogP contribution in [0.5, 0.6) is 0 Å². The van der Waals surface area contributed by atoms with Gasteiger partial charge in [0.2, 0.25) is 11.8 Å². The number of furan rings is 1. The van der Waals surface area contributed by atoms with Gasteiger partial charge in [0.1, 0.15) is 23.5 Å². The number of hydrazine groups is 1. The summed E-state index contributed by atoms with van der Waals surface area (Å²) in [5.41, 5.74) is 1.07. The predicted octanol–water partition coefficient (Wildman–Crippen LogP) is 7.44. The van der Waals surface area contributed by atoms with E-state index in [1.165, 1.54) is 4.90 Å². The van der Waals surface area contributed by atoms with Crippen molar-refractivity contribution in [3.63, 3.8) is 0 Å². The van der Waals surface area contributed by atoms with Crippen molar-refractivity contribution in [2.75, 3.05) is 10.3 Å². The van der Waals surface area contributed by atoms with Gasteiger partial charge in [-0.15, -0.1) is 0 Å². The van der Waals surface area contributed by atoms with Gasteiger partial charge in [-0.3, -0.25) is 29.5 Å². The van der Waals surface area contributed by atoms with E-state index in [0.717, 1.165) is 4.47 Å². The van der Waals surface area contributed by atoms with Crippen LogP contribution >= 0.6 is 39.1 Å². The molecule has 6 atom stereocenters. The third-order valence-electron chi connectivity index (χ3n) is 10.8. The van der Waals surface area contributed by atoms with E-state index >= 15 is 4.79 Å². The molecule has 1 saturated carbocycles. The van der Waals surface area contributed by atoms with E-state index in [-0.39, 0.29) is 36.1 Å². The third-order valence-corrected chi connectivity index (χ3v) is 11.8. The molecule has 2 aromatic heterocycles. The molecular weight excluding hydrogens is 804 g/mol. The molecule has 272 valence electrons. The normalized spacial score (nSPS) is 26.8. The third kappa shape index (κ3) is 5.44. The summed E-state index contributed by atoms with van der Waals surface area (Å²) in [4.78, 5) is 63.1. The number of carbonyl (C=O) groups excluding carboxylic acids is 4. The van der Waals surface area contributed by atoms with Crippen molar-refractivity contribution in [2.45, 2.75) is 37.0 Å². The fraction of sp³-hybridized carbons (Fsp3) is 0.270. The van der Waals surface area contributed by atoms with Crippen LogP contribution in [0, 0.1) is 23.7 Å². The lowest BCUT2D eigenvalue weighted by atomic mass is 9.50. The first-order valence-electron chi connectivity index (χ1n) is 16.4. The number of alkyl halides is 3. The smallest absolute Gasteiger partial charge is 0.417 e. The number of aromatic nitrogens is 1. The zero-order chi connectivity index (χ0) is 37.6. The van der Waals surface area contributed by atoms with Crippen molar-refractivity contribution in [3.05, 3.63) is 122 Å². The van der Waals surface area contributed by atoms with Crippen LogP contribution in [0.2, 0.25) is 10.0 Å². The highest BCUT2D eigenvalue weighted by molar-refractivity contribution is 9.10. The molecule has 4 heterocycles. The molecule has 6 unspecified atom stereocenters. The van der Waals surface area contributed by atoms with Crippen LogP contribution in [0.25, 0.3) is 0 Å². The van der Waals surface area contributed by atoms with E-state index in [4.69, 9.17) is 27.6 Å². The van der Waals surface area contributed by atoms with Crippen LogP contribution in [0.3, 0.4) is 0 Å². The van der Waals surface area contributed by atoms with Gasteiger partial charge in [0.15, 0.2) is 5.82 Å². The number of aliphatic hydroxyl groups excluding tert-OH is 1. The van der Waals surface area contributed by atoms with Crippen molar-refractivity contribution >= 4 is 74.3 Å². The van der Waals surface area contributed by atoms with Crippen LogP contribution in [0.15, 0.2) is 93.5 Å². The van der Waals surface area contributed by atoms with E-state index in [1.807, 2.05) is 6.08 Å². The van der Waals surface area contributed by atoms with Crippen LogP contribution in [0.1, 0.15) is 41.4 Å². The minimum absolute atomic E-state index is 0.0518. The van der Waals surface area contributed by atoms with Gasteiger partial charge in [-0.2, -0.15) is 18.2 Å². The van der Waals surface area contributed by atoms with Crippen LogP contribution < -0.4 is 10.3 Å². The van der Waals surface area contributed by atoms with Gasteiger partial charge in [-0.1, -0.05) is 62.9 Å². The van der Waals surface area contributed by atoms with Gasteiger partial charge in [0, 0.05) is 15.7 Å². The van der Waals surface area contributed by atoms with Crippen LogP contribution in [-0.2, 0) is 37.4 Å². The average molecular weight is 830 g/mol. The van der Waals surface area contributed by atoms with Crippen LogP contribution in [-0.4, -0.2) is 38.7 Å². The van der Waals surface area contributed by atoms with Gasteiger partial charge < -0.3 is 9.52 Å². The van der Waals surface area contributed by atoms with Gasteiger partial charge in [0.25, 0.3) is 11.8 Å². The quantitative estimate of drug-likeness (QED) is 0.151. The molecule has 4 amide bonds. The highest BCUT2D eigenvalue weighted by atomic mass is 79.9. The van der Waals surface area contributed by atoms with Crippen molar-refractivity contribution in [1.29, 1.82) is 0 Å². The molecule has 8 rings (SSSR count). The van der Waals surface area contributed by atoms with E-state index in [2.05, 4.69) is 26.3 Å². The number of rotatable bonds is 6. The van der Waals surface area contributed by atoms with E-state index in [9.17, 15) is 32.7 Å². The zero-order valence-corrected chi connectivity index (χ0v) is 30.2. The Bertz CT molecular complexity index is 2230. The minimum atomic E-state index is -4.75. The first-order chi connectivity index (χ1) is 25.2. The number of aliphatic hydroxyl groups is 1. The Kier molecular flexibility index (Phi) is 8.59. The van der Waals surface area contributed by atoms with Gasteiger partial charge in [0.05, 0.1) is 39.9 Å². The number of benzene rings is 2. The Morgan fingerprint density at radius 1 is 0.962 bits per heavy atom. The summed E-state index contributed by atoms with van der Waals surface area (Å²) in [5.74, 6) is -6.94. The molecule has 10 nitrogen and oxygen atoms in total. The maximum absolute atomic E-state index is 15.1. The van der Waals surface area contributed by atoms with Gasteiger partial charge >= 0.3 is 6.18 Å². The molecule has 0 radical (unpaired) electrons. The summed E-state index contributed by atoms with van der Waals surface area (Å²) < 4.78 is 47.2. The van der Waals surface area contributed by atoms with Crippen molar-refractivity contribution in [3.8, 4) is 0 Å². The molecule has 16 heteroatoms. The first kappa shape index (κ1) is 35.5. The van der Waals surface area contributed by atoms with Gasteiger partial charge in [-0.25, -0.2) is 4.98 Å². The molecule has 2 aromatic carbocycles. The Balaban J connectivity index is 1.29. The lowest BCUT2D eigenvalue weighted by Crippen LogP contribution is -2.53. The molecular formula is C37H26BrCl2F3N4O6. The lowest BCUT2D eigenvalue weighted by Gasteiger charge is -2.49. The summed E-state index contributed by atoms with van der Waals surface area (Å²) in [7, 11) is 0. The number of imide groups is 2. The van der Waals surface area contributed by atoms with Crippen molar-refractivity contribution < 1.29 is 41.9 Å². The summed E-state index contributed by atoms with van der Waals surface area (Å²) in [6, 6.07) is 16.9. The molecule has 0 bridgehead atoms. The molecule has 0 spiro atoms. The number of nitrogens with zero attached hydrogens (tertiary/aromatic N) is 3. The SMILES string of the molecule is O=C1C2CC3C(=CCC4C(=O)N(c5ccc(Br)cc5)C(=O)C43)C(c3ccc(CO)o3)C2(c2ccc(Cl)cc2)C(=O)N1Nc1ncc(C(F)(F)F)cc1Cl. The zero-order valence-electron chi connectivity index (χ0n) is 27.1. The number of anilines is 2. The maximum Gasteiger partial charge on any atom is 0.417 e. The molecule has 4 aromatic rings. The van der Waals surface area contributed by atoms with Crippen molar-refractivity contribution in [1.82, 2.24) is 9.99 Å². The molecule has 2 saturated heterocycles. The number of allylic oxidation sites excluding steroid dienone is 2. The molecule has 53 heavy (non-hydrogen) atoms. The summed E-state index contributed by atoms with van der Waals surface area (Å²) in [5, 5.41) is 10.5. The summed E-state index contributed by atoms with van der Waals surface area (Å²) in [6.07, 6.45) is -2.27. The predicted molar refractivity (Wildman–Crippen MR) is 188 cm³/mol. The van der Waals surface area contributed by atoms with E-state index in [1.54, 1.807) is 60.7 Å². The highest BCUT2D eigenvalue weighted by Gasteiger charge is 2.71. The van der Waals surface area contributed by atoms with Crippen LogP contribution in [0.4, 0.5) is 24.7 Å². The van der Waals surface area contributed by atoms with Crippen molar-refractivity contribution in [2.24, 2.45) is 23.7 Å². The molecule has 2 aliphatic carbocycles. The average Bonchev–Trinajstić information content (AvgIpc) is 3.77. The fourth-order valence-electron chi connectivity index (χ4n) is 8.57.